The van der Waals surface area contributed by atoms with Crippen molar-refractivity contribution >= 4 is 17.3 Å². The highest BCUT2D eigenvalue weighted by Crippen LogP contribution is 2.34. The molecule has 2 rings (SSSR count). The monoisotopic (exact) mass is 312 g/mol. The molecule has 0 saturated heterocycles. The first-order valence-corrected chi connectivity index (χ1v) is 7.14. The molecule has 21 heavy (non-hydrogen) atoms. The molecule has 0 aliphatic carbocycles. The second-order valence-corrected chi connectivity index (χ2v) is 5.92. The number of carboxylic acids is 1. The Morgan fingerprint density at radius 1 is 1.29 bits per heavy atom. The van der Waals surface area contributed by atoms with E-state index < -0.39 is 17.6 Å². The molecule has 0 spiro atoms. The molecule has 0 aliphatic heterocycles. The van der Waals surface area contributed by atoms with E-state index >= 15 is 0 Å². The highest BCUT2D eigenvalue weighted by Gasteiger charge is 2.18. The molecule has 1 aromatic heterocycles. The van der Waals surface area contributed by atoms with Crippen LogP contribution in [0.15, 0.2) is 24.3 Å². The number of halogens is 2. The minimum Gasteiger partial charge on any atom is -0.487 e. The molecule has 1 N–H and O–H groups in total. The molecule has 0 amide bonds. The van der Waals surface area contributed by atoms with Crippen molar-refractivity contribution < 1.29 is 23.4 Å². The summed E-state index contributed by atoms with van der Waals surface area (Å²) in [5, 5.41) is 9.16. The summed E-state index contributed by atoms with van der Waals surface area (Å²) >= 11 is 1.16. The van der Waals surface area contributed by atoms with E-state index in [0.29, 0.717) is 5.56 Å². The molecule has 0 aliphatic rings. The Balaban J connectivity index is 2.18. The number of hydrogen-bond donors (Lipinski definition) is 1. The summed E-state index contributed by atoms with van der Waals surface area (Å²) < 4.78 is 31.4. The van der Waals surface area contributed by atoms with E-state index in [2.05, 4.69) is 0 Å². The van der Waals surface area contributed by atoms with Crippen molar-refractivity contribution in [3.8, 4) is 5.75 Å². The minimum absolute atomic E-state index is 0.0221. The van der Waals surface area contributed by atoms with E-state index in [0.717, 1.165) is 28.3 Å². The molecule has 6 heteroatoms. The molecule has 0 bridgehead atoms. The van der Waals surface area contributed by atoms with Crippen molar-refractivity contribution in [2.75, 3.05) is 0 Å². The van der Waals surface area contributed by atoms with Crippen LogP contribution in [0.1, 0.15) is 39.9 Å². The molecule has 2 aromatic rings. The van der Waals surface area contributed by atoms with Gasteiger partial charge >= 0.3 is 5.97 Å². The topological polar surface area (TPSA) is 46.5 Å². The first kappa shape index (κ1) is 15.4. The van der Waals surface area contributed by atoms with Crippen LogP contribution in [0.5, 0.6) is 5.75 Å². The molecule has 1 heterocycles. The zero-order valence-electron chi connectivity index (χ0n) is 11.5. The number of aromatic carboxylic acids is 1. The Kier molecular flexibility index (Phi) is 4.57. The van der Waals surface area contributed by atoms with Gasteiger partial charge in [-0.25, -0.2) is 13.6 Å². The molecule has 0 fully saturated rings. The van der Waals surface area contributed by atoms with Crippen LogP contribution in [-0.2, 0) is 6.61 Å². The third-order valence-electron chi connectivity index (χ3n) is 2.86. The maximum absolute atomic E-state index is 13.1. The maximum Gasteiger partial charge on any atom is 0.349 e. The second kappa shape index (κ2) is 6.22. The van der Waals surface area contributed by atoms with Crippen LogP contribution >= 0.6 is 11.3 Å². The Morgan fingerprint density at radius 3 is 2.57 bits per heavy atom. The summed E-state index contributed by atoms with van der Waals surface area (Å²) in [6.07, 6.45) is 0. The number of carbonyl (C=O) groups is 1. The van der Waals surface area contributed by atoms with Crippen LogP contribution in [0.25, 0.3) is 0 Å². The summed E-state index contributed by atoms with van der Waals surface area (Å²) in [6, 6.07) is 5.12. The zero-order valence-corrected chi connectivity index (χ0v) is 12.3. The van der Waals surface area contributed by atoms with Crippen LogP contribution in [0.2, 0.25) is 0 Å². The predicted molar refractivity (Wildman–Crippen MR) is 76.1 cm³/mol. The fraction of sp³-hybridized carbons (Fsp3) is 0.267. The molecule has 1 aromatic carbocycles. The average molecular weight is 312 g/mol. The lowest BCUT2D eigenvalue weighted by Gasteiger charge is -2.06. The highest BCUT2D eigenvalue weighted by molar-refractivity contribution is 7.14. The number of ether oxygens (including phenoxy) is 1. The van der Waals surface area contributed by atoms with E-state index in [-0.39, 0.29) is 23.2 Å². The van der Waals surface area contributed by atoms with Crippen molar-refractivity contribution in [3.63, 3.8) is 0 Å². The lowest BCUT2D eigenvalue weighted by Crippen LogP contribution is -2.00. The van der Waals surface area contributed by atoms with Crippen molar-refractivity contribution in [2.24, 2.45) is 0 Å². The molecular weight excluding hydrogens is 298 g/mol. The molecular formula is C15H14F2O3S. The van der Waals surface area contributed by atoms with Gasteiger partial charge in [-0.1, -0.05) is 19.9 Å². The van der Waals surface area contributed by atoms with Gasteiger partial charge in [0.05, 0.1) is 0 Å². The van der Waals surface area contributed by atoms with Gasteiger partial charge in [0.15, 0.2) is 16.5 Å². The summed E-state index contributed by atoms with van der Waals surface area (Å²) in [5.41, 5.74) is 0.433. The Hall–Kier alpha value is -1.95. The van der Waals surface area contributed by atoms with Crippen LogP contribution < -0.4 is 4.74 Å². The Bertz CT molecular complexity index is 665. The van der Waals surface area contributed by atoms with E-state index in [4.69, 9.17) is 9.84 Å². The minimum atomic E-state index is -1.06. The van der Waals surface area contributed by atoms with E-state index in [1.807, 2.05) is 13.8 Å². The molecule has 3 nitrogen and oxygen atoms in total. The van der Waals surface area contributed by atoms with Gasteiger partial charge in [0.1, 0.15) is 12.4 Å². The number of thiophene rings is 1. The predicted octanol–water partition coefficient (Wildman–Crippen LogP) is 4.43. The zero-order chi connectivity index (χ0) is 15.6. The molecule has 0 radical (unpaired) electrons. The van der Waals surface area contributed by atoms with Crippen molar-refractivity contribution in [2.45, 2.75) is 26.4 Å². The third kappa shape index (κ3) is 3.58. The van der Waals surface area contributed by atoms with E-state index in [1.54, 1.807) is 6.07 Å². The van der Waals surface area contributed by atoms with Crippen molar-refractivity contribution in [1.82, 2.24) is 0 Å². The van der Waals surface area contributed by atoms with Crippen molar-refractivity contribution in [1.29, 1.82) is 0 Å². The summed E-state index contributed by atoms with van der Waals surface area (Å²) in [5.74, 6) is -2.51. The summed E-state index contributed by atoms with van der Waals surface area (Å²) in [6.45, 7) is 3.89. The van der Waals surface area contributed by atoms with Gasteiger partial charge in [-0.3, -0.25) is 0 Å². The smallest absolute Gasteiger partial charge is 0.349 e. The maximum atomic E-state index is 13.1. The molecule has 0 atom stereocenters. The first-order chi connectivity index (χ1) is 9.88. The second-order valence-electron chi connectivity index (χ2n) is 4.84. The van der Waals surface area contributed by atoms with Gasteiger partial charge in [-0.2, -0.15) is 0 Å². The molecule has 0 unspecified atom stereocenters. The van der Waals surface area contributed by atoms with Gasteiger partial charge < -0.3 is 9.84 Å². The molecule has 112 valence electrons. The molecule has 0 saturated carbocycles. The highest BCUT2D eigenvalue weighted by atomic mass is 32.1. The summed E-state index contributed by atoms with van der Waals surface area (Å²) in [7, 11) is 0. The number of benzene rings is 1. The first-order valence-electron chi connectivity index (χ1n) is 6.32. The lowest BCUT2D eigenvalue weighted by atomic mass is 10.2. The van der Waals surface area contributed by atoms with Crippen LogP contribution in [-0.4, -0.2) is 11.1 Å². The fourth-order valence-corrected chi connectivity index (χ4v) is 2.67. The Labute approximate surface area is 124 Å². The number of carboxylic acid groups (broad SMARTS) is 1. The van der Waals surface area contributed by atoms with Crippen LogP contribution in [0, 0.1) is 11.6 Å². The Morgan fingerprint density at radius 2 is 2.00 bits per heavy atom. The SMILES string of the molecule is CC(C)c1cc(OCc2ccc(F)c(F)c2)c(C(=O)O)s1. The third-order valence-corrected chi connectivity index (χ3v) is 4.26. The normalized spacial score (nSPS) is 10.9. The van der Waals surface area contributed by atoms with E-state index in [1.165, 1.54) is 6.07 Å². The quantitative estimate of drug-likeness (QED) is 0.888. The van der Waals surface area contributed by atoms with Gasteiger partial charge in [-0.15, -0.1) is 11.3 Å². The standard InChI is InChI=1S/C15H14F2O3S/c1-8(2)13-6-12(14(21-13)15(18)19)20-7-9-3-4-10(16)11(17)5-9/h3-6,8H,7H2,1-2H3,(H,18,19). The van der Waals surface area contributed by atoms with Gasteiger partial charge in [0.2, 0.25) is 0 Å². The van der Waals surface area contributed by atoms with Crippen LogP contribution in [0.3, 0.4) is 0 Å². The fourth-order valence-electron chi connectivity index (χ4n) is 1.72. The average Bonchev–Trinajstić information content (AvgIpc) is 2.85. The van der Waals surface area contributed by atoms with Gasteiger partial charge in [0, 0.05) is 4.88 Å². The number of rotatable bonds is 5. The lowest BCUT2D eigenvalue weighted by molar-refractivity contribution is 0.0697. The largest absolute Gasteiger partial charge is 0.487 e. The van der Waals surface area contributed by atoms with Crippen LogP contribution in [0.4, 0.5) is 8.78 Å². The van der Waals surface area contributed by atoms with Crippen molar-refractivity contribution in [3.05, 3.63) is 51.2 Å². The van der Waals surface area contributed by atoms with Gasteiger partial charge in [-0.05, 0) is 29.7 Å². The van der Waals surface area contributed by atoms with Gasteiger partial charge in [0.25, 0.3) is 0 Å². The van der Waals surface area contributed by atoms with E-state index in [9.17, 15) is 13.6 Å². The number of hydrogen-bond acceptors (Lipinski definition) is 3. The summed E-state index contributed by atoms with van der Waals surface area (Å²) in [4.78, 5) is 12.2.